The van der Waals surface area contributed by atoms with E-state index in [9.17, 15) is 14.4 Å². The quantitative estimate of drug-likeness (QED) is 0.805. The minimum atomic E-state index is -1.08. The zero-order valence-corrected chi connectivity index (χ0v) is 13.6. The third-order valence-corrected chi connectivity index (χ3v) is 3.99. The molecule has 0 aromatic heterocycles. The van der Waals surface area contributed by atoms with E-state index in [0.717, 1.165) is 0 Å². The van der Waals surface area contributed by atoms with Crippen LogP contribution in [-0.2, 0) is 14.4 Å². The molecular formula is C16H19ClN2O4. The zero-order chi connectivity index (χ0) is 17.0. The molecule has 0 bridgehead atoms. The number of hydrogen-bond donors (Lipinski definition) is 1. The summed E-state index contributed by atoms with van der Waals surface area (Å²) in [5, 5.41) is 9.44. The van der Waals surface area contributed by atoms with Gasteiger partial charge in [-0.15, -0.1) is 0 Å². The number of halogens is 1. The van der Waals surface area contributed by atoms with E-state index in [1.807, 2.05) is 6.92 Å². The van der Waals surface area contributed by atoms with Crippen LogP contribution in [0.25, 0.3) is 0 Å². The van der Waals surface area contributed by atoms with Crippen molar-refractivity contribution in [1.82, 2.24) is 4.90 Å². The van der Waals surface area contributed by atoms with Gasteiger partial charge in [0.2, 0.25) is 11.8 Å². The molecule has 1 saturated heterocycles. The van der Waals surface area contributed by atoms with Crippen LogP contribution in [-0.4, -0.2) is 47.4 Å². The van der Waals surface area contributed by atoms with Gasteiger partial charge in [0.1, 0.15) is 12.5 Å². The van der Waals surface area contributed by atoms with E-state index >= 15 is 0 Å². The molecule has 1 aromatic rings. The highest BCUT2D eigenvalue weighted by atomic mass is 35.5. The molecule has 23 heavy (non-hydrogen) atoms. The van der Waals surface area contributed by atoms with Gasteiger partial charge in [-0.3, -0.25) is 14.4 Å². The maximum absolute atomic E-state index is 12.5. The molecule has 1 atom stereocenters. The minimum Gasteiger partial charge on any atom is -0.480 e. The van der Waals surface area contributed by atoms with Crippen molar-refractivity contribution < 1.29 is 19.5 Å². The highest BCUT2D eigenvalue weighted by molar-refractivity contribution is 6.31. The molecule has 0 saturated carbocycles. The van der Waals surface area contributed by atoms with Gasteiger partial charge in [-0.1, -0.05) is 24.6 Å². The number of amides is 2. The maximum Gasteiger partial charge on any atom is 0.323 e. The van der Waals surface area contributed by atoms with Crippen LogP contribution in [0, 0.1) is 5.92 Å². The largest absolute Gasteiger partial charge is 0.480 e. The summed E-state index contributed by atoms with van der Waals surface area (Å²) in [6, 6.07) is 6.89. The second-order valence-corrected chi connectivity index (χ2v) is 5.90. The van der Waals surface area contributed by atoms with Crippen LogP contribution >= 0.6 is 11.6 Å². The Labute approximate surface area is 139 Å². The van der Waals surface area contributed by atoms with Crippen molar-refractivity contribution >= 4 is 35.1 Å². The first-order valence-electron chi connectivity index (χ1n) is 7.51. The number of nitrogens with zero attached hydrogens (tertiary/aromatic N) is 2. The molecule has 1 N–H and O–H groups in total. The van der Waals surface area contributed by atoms with Gasteiger partial charge >= 0.3 is 5.97 Å². The van der Waals surface area contributed by atoms with Crippen molar-refractivity contribution in [1.29, 1.82) is 0 Å². The molecule has 1 heterocycles. The van der Waals surface area contributed by atoms with Crippen LogP contribution in [0.4, 0.5) is 5.69 Å². The summed E-state index contributed by atoms with van der Waals surface area (Å²) in [5.41, 5.74) is 0.651. The number of rotatable bonds is 6. The van der Waals surface area contributed by atoms with Crippen LogP contribution < -0.4 is 4.90 Å². The Kier molecular flexibility index (Phi) is 5.60. The Morgan fingerprint density at radius 2 is 2.17 bits per heavy atom. The summed E-state index contributed by atoms with van der Waals surface area (Å²) in [6.07, 6.45) is 1.02. The SMILES string of the molecule is CCCN(CC(=O)O)C(=O)C1CCN(c2cccc(Cl)c2)C1=O. The standard InChI is InChI=1S/C16H19ClN2O4/c1-2-7-18(10-14(20)21)15(22)13-6-8-19(16(13)23)12-5-3-4-11(17)9-12/h3-5,9,13H,2,6-8,10H2,1H3,(H,20,21). The van der Waals surface area contributed by atoms with Crippen molar-refractivity contribution in [3.63, 3.8) is 0 Å². The fraction of sp³-hybridized carbons (Fsp3) is 0.438. The van der Waals surface area contributed by atoms with Gasteiger partial charge in [-0.2, -0.15) is 0 Å². The Balaban J connectivity index is 2.13. The van der Waals surface area contributed by atoms with Crippen LogP contribution in [0.1, 0.15) is 19.8 Å². The Hall–Kier alpha value is -2.08. The molecule has 124 valence electrons. The van der Waals surface area contributed by atoms with E-state index in [1.54, 1.807) is 24.3 Å². The maximum atomic E-state index is 12.5. The molecule has 1 aliphatic heterocycles. The number of hydrogen-bond acceptors (Lipinski definition) is 3. The normalized spacial score (nSPS) is 17.4. The monoisotopic (exact) mass is 338 g/mol. The van der Waals surface area contributed by atoms with E-state index in [0.29, 0.717) is 36.6 Å². The summed E-state index contributed by atoms with van der Waals surface area (Å²) >= 11 is 5.94. The molecule has 0 aliphatic carbocycles. The molecule has 1 unspecified atom stereocenters. The third kappa shape index (κ3) is 4.01. The molecule has 1 fully saturated rings. The van der Waals surface area contributed by atoms with E-state index < -0.39 is 17.8 Å². The van der Waals surface area contributed by atoms with Crippen LogP contribution in [0.3, 0.4) is 0 Å². The van der Waals surface area contributed by atoms with Crippen molar-refractivity contribution in [3.05, 3.63) is 29.3 Å². The predicted octanol–water partition coefficient (Wildman–Crippen LogP) is 2.02. The van der Waals surface area contributed by atoms with Gasteiger partial charge in [0.05, 0.1) is 0 Å². The molecule has 0 radical (unpaired) electrons. The number of benzene rings is 1. The lowest BCUT2D eigenvalue weighted by atomic mass is 10.1. The minimum absolute atomic E-state index is 0.302. The highest BCUT2D eigenvalue weighted by Gasteiger charge is 2.39. The summed E-state index contributed by atoms with van der Waals surface area (Å²) < 4.78 is 0. The zero-order valence-electron chi connectivity index (χ0n) is 12.9. The third-order valence-electron chi connectivity index (χ3n) is 3.75. The second kappa shape index (κ2) is 7.46. The molecule has 6 nitrogen and oxygen atoms in total. The van der Waals surface area contributed by atoms with Gasteiger partial charge in [0.25, 0.3) is 0 Å². The average molecular weight is 339 g/mol. The van der Waals surface area contributed by atoms with Crippen molar-refractivity contribution in [2.45, 2.75) is 19.8 Å². The number of anilines is 1. The van der Waals surface area contributed by atoms with Gasteiger partial charge in [0, 0.05) is 23.8 Å². The van der Waals surface area contributed by atoms with E-state index in [2.05, 4.69) is 0 Å². The first-order valence-corrected chi connectivity index (χ1v) is 7.89. The number of carbonyl (C=O) groups is 3. The number of carbonyl (C=O) groups excluding carboxylic acids is 2. The molecule has 2 amide bonds. The number of carboxylic acids is 1. The average Bonchev–Trinajstić information content (AvgIpc) is 2.87. The lowest BCUT2D eigenvalue weighted by molar-refractivity contribution is -0.148. The Morgan fingerprint density at radius 1 is 1.43 bits per heavy atom. The van der Waals surface area contributed by atoms with Crippen LogP contribution in [0.2, 0.25) is 5.02 Å². The first kappa shape index (κ1) is 17.3. The predicted molar refractivity (Wildman–Crippen MR) is 86.4 cm³/mol. The highest BCUT2D eigenvalue weighted by Crippen LogP contribution is 2.28. The van der Waals surface area contributed by atoms with E-state index in [-0.39, 0.29) is 12.5 Å². The van der Waals surface area contributed by atoms with Crippen molar-refractivity contribution in [2.24, 2.45) is 5.92 Å². The van der Waals surface area contributed by atoms with Gasteiger partial charge in [-0.25, -0.2) is 0 Å². The molecule has 1 aromatic carbocycles. The van der Waals surface area contributed by atoms with Gasteiger partial charge < -0.3 is 14.9 Å². The van der Waals surface area contributed by atoms with E-state index in [4.69, 9.17) is 16.7 Å². The fourth-order valence-electron chi connectivity index (χ4n) is 2.73. The second-order valence-electron chi connectivity index (χ2n) is 5.46. The smallest absolute Gasteiger partial charge is 0.323 e. The number of carboxylic acid groups (broad SMARTS) is 1. The lowest BCUT2D eigenvalue weighted by Crippen LogP contribution is -2.43. The fourth-order valence-corrected chi connectivity index (χ4v) is 2.91. The molecule has 7 heteroatoms. The molecule has 2 rings (SSSR count). The summed E-state index contributed by atoms with van der Waals surface area (Å²) in [5.74, 6) is -2.61. The lowest BCUT2D eigenvalue weighted by Gasteiger charge is -2.23. The molecule has 0 spiro atoms. The first-order chi connectivity index (χ1) is 10.9. The van der Waals surface area contributed by atoms with Crippen molar-refractivity contribution in [2.75, 3.05) is 24.5 Å². The summed E-state index contributed by atoms with van der Waals surface area (Å²) in [4.78, 5) is 38.7. The van der Waals surface area contributed by atoms with E-state index in [1.165, 1.54) is 9.80 Å². The topological polar surface area (TPSA) is 77.9 Å². The van der Waals surface area contributed by atoms with Crippen LogP contribution in [0.15, 0.2) is 24.3 Å². The number of aliphatic carboxylic acids is 1. The summed E-state index contributed by atoms with van der Waals surface area (Å²) in [6.45, 7) is 2.22. The molecule has 1 aliphatic rings. The van der Waals surface area contributed by atoms with Crippen molar-refractivity contribution in [3.8, 4) is 0 Å². The van der Waals surface area contributed by atoms with Crippen LogP contribution in [0.5, 0.6) is 0 Å². The van der Waals surface area contributed by atoms with Gasteiger partial charge in [-0.05, 0) is 31.0 Å². The molecular weight excluding hydrogens is 320 g/mol. The summed E-state index contributed by atoms with van der Waals surface area (Å²) in [7, 11) is 0. The Bertz CT molecular complexity index is 620. The van der Waals surface area contributed by atoms with Gasteiger partial charge in [0.15, 0.2) is 0 Å². The Morgan fingerprint density at radius 3 is 2.78 bits per heavy atom.